The van der Waals surface area contributed by atoms with Gasteiger partial charge in [-0.3, -0.25) is 14.6 Å². The summed E-state index contributed by atoms with van der Waals surface area (Å²) in [7, 11) is 0. The summed E-state index contributed by atoms with van der Waals surface area (Å²) in [5.74, 6) is 0.718. The first-order valence-electron chi connectivity index (χ1n) is 15.1. The second kappa shape index (κ2) is 11.5. The number of carbonyl (C=O) groups is 1. The second-order valence-electron chi connectivity index (χ2n) is 11.5. The molecule has 3 aromatic heterocycles. The monoisotopic (exact) mass is 592 g/mol. The third-order valence-corrected chi connectivity index (χ3v) is 9.25. The maximum absolute atomic E-state index is 15.4. The van der Waals surface area contributed by atoms with E-state index < -0.39 is 11.5 Å². The molecule has 3 saturated heterocycles. The number of hydrogen-bond donors (Lipinski definition) is 2. The molecule has 3 fully saturated rings. The van der Waals surface area contributed by atoms with Crippen molar-refractivity contribution in [2.75, 3.05) is 70.6 Å². The number of aromatic nitrogens is 5. The van der Waals surface area contributed by atoms with Gasteiger partial charge in [0.1, 0.15) is 17.2 Å². The number of aromatic amines is 1. The summed E-state index contributed by atoms with van der Waals surface area (Å²) in [5.41, 5.74) is 1.68. The second-order valence-corrected chi connectivity index (χ2v) is 11.5. The van der Waals surface area contributed by atoms with E-state index in [1.807, 2.05) is 6.07 Å². The average molecular weight is 593 g/mol. The van der Waals surface area contributed by atoms with Gasteiger partial charge in [-0.1, -0.05) is 0 Å². The van der Waals surface area contributed by atoms with Crippen LogP contribution in [0.1, 0.15) is 25.6 Å². The molecule has 43 heavy (non-hydrogen) atoms. The molecule has 0 unspecified atom stereocenters. The Morgan fingerprint density at radius 2 is 1.72 bits per heavy atom. The lowest BCUT2D eigenvalue weighted by molar-refractivity contribution is -0.159. The van der Waals surface area contributed by atoms with E-state index in [1.54, 1.807) is 12.3 Å². The standard InChI is InChI=1S/C30H37FN8O4/c1-2-39-23(19-36-9-6-30(7-10-36,29(40)41)38-13-17-43-18-14-38)33-25-27(37-11-15-42-16-12-37)34-26(35-28(25)39)24-20-5-8-32-22(20)4-3-21(24)31/h3-5,8,32H,2,6-7,9-19H2,1H3,(H,40,41). The number of halogens is 1. The fourth-order valence-corrected chi connectivity index (χ4v) is 6.86. The topological polar surface area (TPSA) is 125 Å². The van der Waals surface area contributed by atoms with Gasteiger partial charge in [-0.2, -0.15) is 0 Å². The summed E-state index contributed by atoms with van der Waals surface area (Å²) in [5, 5.41) is 11.0. The van der Waals surface area contributed by atoms with E-state index in [9.17, 15) is 9.90 Å². The van der Waals surface area contributed by atoms with Gasteiger partial charge < -0.3 is 29.0 Å². The van der Waals surface area contributed by atoms with Crippen LogP contribution in [0.25, 0.3) is 33.5 Å². The number of imidazole rings is 1. The number of aliphatic carboxylic acids is 1. The van der Waals surface area contributed by atoms with Gasteiger partial charge in [0.15, 0.2) is 22.8 Å². The molecule has 7 rings (SSSR count). The lowest BCUT2D eigenvalue weighted by Crippen LogP contribution is -2.62. The Labute approximate surface area is 248 Å². The molecule has 12 nitrogen and oxygen atoms in total. The number of rotatable bonds is 7. The van der Waals surface area contributed by atoms with Gasteiger partial charge in [-0.05, 0) is 38.0 Å². The molecule has 0 atom stereocenters. The highest BCUT2D eigenvalue weighted by Gasteiger charge is 2.47. The summed E-state index contributed by atoms with van der Waals surface area (Å²) in [4.78, 5) is 37.2. The van der Waals surface area contributed by atoms with Crippen molar-refractivity contribution in [2.24, 2.45) is 0 Å². The van der Waals surface area contributed by atoms with Crippen molar-refractivity contribution in [3.63, 3.8) is 0 Å². The molecule has 0 spiro atoms. The maximum Gasteiger partial charge on any atom is 0.324 e. The Kier molecular flexibility index (Phi) is 7.49. The molecule has 13 heteroatoms. The van der Waals surface area contributed by atoms with Gasteiger partial charge in [-0.25, -0.2) is 19.3 Å². The van der Waals surface area contributed by atoms with Crippen LogP contribution in [-0.2, 0) is 27.4 Å². The number of piperidine rings is 1. The fraction of sp³-hybridized carbons (Fsp3) is 0.533. The predicted molar refractivity (Wildman–Crippen MR) is 159 cm³/mol. The number of carboxylic acid groups (broad SMARTS) is 1. The molecule has 3 aliphatic rings. The molecule has 0 aliphatic carbocycles. The smallest absolute Gasteiger partial charge is 0.324 e. The minimum atomic E-state index is -0.863. The van der Waals surface area contributed by atoms with Gasteiger partial charge in [0.25, 0.3) is 0 Å². The zero-order chi connectivity index (χ0) is 29.6. The Morgan fingerprint density at radius 3 is 2.42 bits per heavy atom. The molecule has 0 bridgehead atoms. The third-order valence-electron chi connectivity index (χ3n) is 9.25. The number of H-pyrrole nitrogens is 1. The Balaban J connectivity index is 1.25. The largest absolute Gasteiger partial charge is 0.480 e. The van der Waals surface area contributed by atoms with Crippen molar-refractivity contribution < 1.29 is 23.8 Å². The zero-order valence-electron chi connectivity index (χ0n) is 24.4. The van der Waals surface area contributed by atoms with Gasteiger partial charge in [-0.15, -0.1) is 0 Å². The number of aryl methyl sites for hydroxylation is 1. The van der Waals surface area contributed by atoms with Crippen LogP contribution in [0, 0.1) is 5.82 Å². The van der Waals surface area contributed by atoms with Crippen molar-refractivity contribution in [3.8, 4) is 11.4 Å². The molecule has 6 heterocycles. The molecule has 228 valence electrons. The van der Waals surface area contributed by atoms with Crippen LogP contribution in [0.15, 0.2) is 24.4 Å². The van der Waals surface area contributed by atoms with E-state index in [0.29, 0.717) is 120 Å². The van der Waals surface area contributed by atoms with Crippen molar-refractivity contribution in [1.29, 1.82) is 0 Å². The van der Waals surface area contributed by atoms with E-state index in [2.05, 4.69) is 31.2 Å². The van der Waals surface area contributed by atoms with Crippen LogP contribution >= 0.6 is 0 Å². The van der Waals surface area contributed by atoms with E-state index in [-0.39, 0.29) is 5.82 Å². The molecule has 3 aliphatic heterocycles. The van der Waals surface area contributed by atoms with Crippen molar-refractivity contribution in [2.45, 2.75) is 38.4 Å². The van der Waals surface area contributed by atoms with Crippen LogP contribution in [0.2, 0.25) is 0 Å². The van der Waals surface area contributed by atoms with Crippen LogP contribution in [-0.4, -0.2) is 117 Å². The summed E-state index contributed by atoms with van der Waals surface area (Å²) in [6.07, 6.45) is 2.87. The SMILES string of the molecule is CCn1c(CN2CCC(C(=O)O)(N3CCOCC3)CC2)nc2c(N3CCOCC3)nc(-c3c(F)ccc4[nH]ccc34)nc21. The minimum absolute atomic E-state index is 0.326. The Hall–Kier alpha value is -3.65. The molecule has 0 saturated carbocycles. The molecule has 0 amide bonds. The van der Waals surface area contributed by atoms with Crippen LogP contribution < -0.4 is 4.90 Å². The minimum Gasteiger partial charge on any atom is -0.480 e. The van der Waals surface area contributed by atoms with Crippen LogP contribution in [0.4, 0.5) is 10.2 Å². The number of hydrogen-bond acceptors (Lipinski definition) is 9. The van der Waals surface area contributed by atoms with Gasteiger partial charge in [0.2, 0.25) is 0 Å². The first kappa shape index (κ1) is 28.1. The number of fused-ring (bicyclic) bond motifs is 2. The highest BCUT2D eigenvalue weighted by Crippen LogP contribution is 2.35. The van der Waals surface area contributed by atoms with Crippen molar-refractivity contribution in [3.05, 3.63) is 36.0 Å². The van der Waals surface area contributed by atoms with Crippen LogP contribution in [0.3, 0.4) is 0 Å². The molecule has 1 aromatic carbocycles. The molecular weight excluding hydrogens is 555 g/mol. The van der Waals surface area contributed by atoms with Gasteiger partial charge in [0, 0.05) is 62.9 Å². The summed E-state index contributed by atoms with van der Waals surface area (Å²) in [6.45, 7) is 9.40. The van der Waals surface area contributed by atoms with Crippen molar-refractivity contribution in [1.82, 2.24) is 34.3 Å². The fourth-order valence-electron chi connectivity index (χ4n) is 6.86. The van der Waals surface area contributed by atoms with Gasteiger partial charge >= 0.3 is 5.97 Å². The van der Waals surface area contributed by atoms with E-state index in [1.165, 1.54) is 6.07 Å². The van der Waals surface area contributed by atoms with Crippen molar-refractivity contribution >= 4 is 33.9 Å². The molecule has 4 aromatic rings. The molecular formula is C30H37FN8O4. The number of anilines is 1. The van der Waals surface area contributed by atoms with E-state index in [4.69, 9.17) is 24.4 Å². The zero-order valence-corrected chi connectivity index (χ0v) is 24.4. The number of morpholine rings is 2. The first-order valence-corrected chi connectivity index (χ1v) is 15.1. The third kappa shape index (κ3) is 4.93. The van der Waals surface area contributed by atoms with E-state index >= 15 is 4.39 Å². The highest BCUT2D eigenvalue weighted by molar-refractivity contribution is 5.95. The summed E-state index contributed by atoms with van der Waals surface area (Å²) >= 11 is 0. The highest BCUT2D eigenvalue weighted by atomic mass is 19.1. The summed E-state index contributed by atoms with van der Waals surface area (Å²) in [6, 6.07) is 5.02. The number of likely N-dealkylation sites (tertiary alicyclic amines) is 1. The average Bonchev–Trinajstić information content (AvgIpc) is 3.66. The molecule has 0 radical (unpaired) electrons. The van der Waals surface area contributed by atoms with E-state index in [0.717, 1.165) is 16.7 Å². The van der Waals surface area contributed by atoms with Crippen LogP contribution in [0.5, 0.6) is 0 Å². The normalized spacial score (nSPS) is 20.3. The Morgan fingerprint density at radius 1 is 1.00 bits per heavy atom. The molecule has 2 N–H and O–H groups in total. The maximum atomic E-state index is 15.4. The lowest BCUT2D eigenvalue weighted by atomic mass is 9.85. The predicted octanol–water partition coefficient (Wildman–Crippen LogP) is 2.72. The first-order chi connectivity index (χ1) is 21.0. The number of nitrogens with zero attached hydrogens (tertiary/aromatic N) is 7. The quantitative estimate of drug-likeness (QED) is 0.331. The van der Waals surface area contributed by atoms with Gasteiger partial charge in [0.05, 0.1) is 38.5 Å². The Bertz CT molecular complexity index is 1630. The number of benzene rings is 1. The summed E-state index contributed by atoms with van der Waals surface area (Å²) < 4.78 is 28.6. The number of nitrogens with one attached hydrogen (secondary N) is 1. The number of ether oxygens (including phenoxy) is 2. The lowest BCUT2D eigenvalue weighted by Gasteiger charge is -2.47. The number of carboxylic acids is 1.